The second-order valence-corrected chi connectivity index (χ2v) is 4.23. The fourth-order valence-electron chi connectivity index (χ4n) is 1.58. The van der Waals surface area contributed by atoms with Crippen molar-refractivity contribution in [2.75, 3.05) is 5.73 Å². The van der Waals surface area contributed by atoms with Gasteiger partial charge in [-0.3, -0.25) is 0 Å². The van der Waals surface area contributed by atoms with Crippen LogP contribution in [0, 0.1) is 0 Å². The third-order valence-electron chi connectivity index (χ3n) is 2.43. The smallest absolute Gasteiger partial charge is 0.227 e. The highest BCUT2D eigenvalue weighted by Crippen LogP contribution is 2.09. The van der Waals surface area contributed by atoms with E-state index in [-0.39, 0.29) is 11.2 Å². The Balaban J connectivity index is 2.21. The average Bonchev–Trinajstić information content (AvgIpc) is 2.22. The van der Waals surface area contributed by atoms with E-state index in [1.54, 1.807) is 0 Å². The zero-order valence-electron chi connectivity index (χ0n) is 9.75. The third kappa shape index (κ3) is 5.26. The number of unbranched alkanes of at least 4 members (excludes halogenated alkanes) is 5. The lowest BCUT2D eigenvalue weighted by atomic mass is 10.1. The van der Waals surface area contributed by atoms with E-state index in [2.05, 4.69) is 21.9 Å². The molecular weight excluding hydrogens is 224 g/mol. The second kappa shape index (κ2) is 7.39. The van der Waals surface area contributed by atoms with E-state index < -0.39 is 0 Å². The van der Waals surface area contributed by atoms with Gasteiger partial charge in [0.05, 0.1) is 0 Å². The molecule has 0 aliphatic rings. The Labute approximate surface area is 102 Å². The highest BCUT2D eigenvalue weighted by Gasteiger charge is 2.01. The number of nitrogens with two attached hydrogens (primary N) is 1. The van der Waals surface area contributed by atoms with Gasteiger partial charge in [-0.05, 0) is 18.0 Å². The van der Waals surface area contributed by atoms with E-state index >= 15 is 0 Å². The standard InChI is InChI=1S/C11H19ClN4/c1-2-3-4-5-6-7-8-9-14-10(12)16-11(13)15-9/h2-8H2,1H3,(H2,13,14,15,16). The van der Waals surface area contributed by atoms with Crippen LogP contribution in [0.25, 0.3) is 0 Å². The molecular formula is C11H19ClN4. The highest BCUT2D eigenvalue weighted by molar-refractivity contribution is 6.28. The average molecular weight is 243 g/mol. The maximum Gasteiger partial charge on any atom is 0.227 e. The summed E-state index contributed by atoms with van der Waals surface area (Å²) in [7, 11) is 0. The minimum Gasteiger partial charge on any atom is -0.368 e. The van der Waals surface area contributed by atoms with Crippen molar-refractivity contribution in [3.8, 4) is 0 Å². The summed E-state index contributed by atoms with van der Waals surface area (Å²) in [5.41, 5.74) is 5.48. The van der Waals surface area contributed by atoms with E-state index in [0.717, 1.165) is 12.8 Å². The molecule has 1 aromatic rings. The molecule has 1 aromatic heterocycles. The van der Waals surface area contributed by atoms with Crippen LogP contribution < -0.4 is 5.73 Å². The number of rotatable bonds is 7. The number of anilines is 1. The Morgan fingerprint density at radius 1 is 1.00 bits per heavy atom. The van der Waals surface area contributed by atoms with Crippen LogP contribution in [0.15, 0.2) is 0 Å². The molecule has 0 saturated carbocycles. The molecule has 0 aliphatic carbocycles. The summed E-state index contributed by atoms with van der Waals surface area (Å²) in [5, 5.41) is 0.188. The number of aromatic nitrogens is 3. The summed E-state index contributed by atoms with van der Waals surface area (Å²) in [4.78, 5) is 11.8. The number of hydrogen-bond acceptors (Lipinski definition) is 4. The summed E-state index contributed by atoms with van der Waals surface area (Å²) >= 11 is 5.69. The van der Waals surface area contributed by atoms with Gasteiger partial charge in [-0.2, -0.15) is 9.97 Å². The van der Waals surface area contributed by atoms with Gasteiger partial charge in [0.2, 0.25) is 11.2 Å². The molecule has 2 N–H and O–H groups in total. The van der Waals surface area contributed by atoms with Gasteiger partial charge in [-0.1, -0.05) is 39.0 Å². The van der Waals surface area contributed by atoms with Crippen LogP contribution in [0.3, 0.4) is 0 Å². The van der Waals surface area contributed by atoms with Gasteiger partial charge in [-0.25, -0.2) is 4.98 Å². The first-order valence-electron chi connectivity index (χ1n) is 5.88. The van der Waals surface area contributed by atoms with Crippen LogP contribution in [-0.2, 0) is 6.42 Å². The monoisotopic (exact) mass is 242 g/mol. The fraction of sp³-hybridized carbons (Fsp3) is 0.727. The fourth-order valence-corrected chi connectivity index (χ4v) is 1.77. The second-order valence-electron chi connectivity index (χ2n) is 3.90. The first-order chi connectivity index (χ1) is 7.72. The predicted molar refractivity (Wildman–Crippen MR) is 66.3 cm³/mol. The summed E-state index contributed by atoms with van der Waals surface area (Å²) in [6.07, 6.45) is 8.33. The molecule has 0 radical (unpaired) electrons. The lowest BCUT2D eigenvalue weighted by Crippen LogP contribution is -2.03. The summed E-state index contributed by atoms with van der Waals surface area (Å²) < 4.78 is 0. The van der Waals surface area contributed by atoms with Crippen molar-refractivity contribution in [2.45, 2.75) is 51.9 Å². The normalized spacial score (nSPS) is 10.6. The first kappa shape index (κ1) is 13.2. The zero-order chi connectivity index (χ0) is 11.8. The highest BCUT2D eigenvalue weighted by atomic mass is 35.5. The van der Waals surface area contributed by atoms with Gasteiger partial charge in [0, 0.05) is 6.42 Å². The van der Waals surface area contributed by atoms with Crippen molar-refractivity contribution in [1.82, 2.24) is 15.0 Å². The maximum atomic E-state index is 5.69. The molecule has 0 aromatic carbocycles. The largest absolute Gasteiger partial charge is 0.368 e. The van der Waals surface area contributed by atoms with E-state index in [1.807, 2.05) is 0 Å². The molecule has 1 rings (SSSR count). The summed E-state index contributed by atoms with van der Waals surface area (Å²) in [6.45, 7) is 2.22. The van der Waals surface area contributed by atoms with E-state index in [9.17, 15) is 0 Å². The van der Waals surface area contributed by atoms with Crippen LogP contribution in [0.2, 0.25) is 5.28 Å². The Bertz CT molecular complexity index is 297. The summed E-state index contributed by atoms with van der Waals surface area (Å²) in [6, 6.07) is 0. The maximum absolute atomic E-state index is 5.69. The van der Waals surface area contributed by atoms with Crippen molar-refractivity contribution < 1.29 is 0 Å². The van der Waals surface area contributed by atoms with E-state index in [4.69, 9.17) is 17.3 Å². The number of hydrogen-bond donors (Lipinski definition) is 1. The first-order valence-corrected chi connectivity index (χ1v) is 6.26. The quantitative estimate of drug-likeness (QED) is 0.747. The van der Waals surface area contributed by atoms with Crippen LogP contribution in [0.5, 0.6) is 0 Å². The number of halogens is 1. The SMILES string of the molecule is CCCCCCCCc1nc(N)nc(Cl)n1. The molecule has 1 heterocycles. The van der Waals surface area contributed by atoms with Crippen molar-refractivity contribution >= 4 is 17.5 Å². The molecule has 4 nitrogen and oxygen atoms in total. The van der Waals surface area contributed by atoms with Gasteiger partial charge in [-0.15, -0.1) is 0 Å². The van der Waals surface area contributed by atoms with Crippen LogP contribution in [0.4, 0.5) is 5.95 Å². The Kier molecular flexibility index (Phi) is 6.08. The van der Waals surface area contributed by atoms with Gasteiger partial charge < -0.3 is 5.73 Å². The molecule has 0 bridgehead atoms. The van der Waals surface area contributed by atoms with E-state index in [1.165, 1.54) is 32.1 Å². The van der Waals surface area contributed by atoms with Gasteiger partial charge in [0.1, 0.15) is 5.82 Å². The van der Waals surface area contributed by atoms with Gasteiger partial charge in [0.15, 0.2) is 0 Å². The molecule has 0 saturated heterocycles. The van der Waals surface area contributed by atoms with Crippen LogP contribution in [-0.4, -0.2) is 15.0 Å². The minimum atomic E-state index is 0.188. The molecule has 0 aliphatic heterocycles. The Hall–Kier alpha value is -0.900. The minimum absolute atomic E-state index is 0.188. The molecule has 0 unspecified atom stereocenters. The van der Waals surface area contributed by atoms with E-state index in [0.29, 0.717) is 5.82 Å². The lowest BCUT2D eigenvalue weighted by molar-refractivity contribution is 0.600. The summed E-state index contributed by atoms with van der Waals surface area (Å²) in [5.74, 6) is 0.911. The van der Waals surface area contributed by atoms with Gasteiger partial charge >= 0.3 is 0 Å². The van der Waals surface area contributed by atoms with Crippen LogP contribution >= 0.6 is 11.6 Å². The topological polar surface area (TPSA) is 64.7 Å². The molecule has 0 atom stereocenters. The van der Waals surface area contributed by atoms with Crippen LogP contribution in [0.1, 0.15) is 51.3 Å². The lowest BCUT2D eigenvalue weighted by Gasteiger charge is -2.01. The molecule has 90 valence electrons. The van der Waals surface area contributed by atoms with Crippen molar-refractivity contribution in [3.63, 3.8) is 0 Å². The van der Waals surface area contributed by atoms with Gasteiger partial charge in [0.25, 0.3) is 0 Å². The molecule has 16 heavy (non-hydrogen) atoms. The number of aryl methyl sites for hydroxylation is 1. The third-order valence-corrected chi connectivity index (χ3v) is 2.59. The number of nitrogens with zero attached hydrogens (tertiary/aromatic N) is 3. The van der Waals surface area contributed by atoms with Crippen molar-refractivity contribution in [3.05, 3.63) is 11.1 Å². The molecule has 0 spiro atoms. The Morgan fingerprint density at radius 2 is 1.69 bits per heavy atom. The molecule has 5 heteroatoms. The Morgan fingerprint density at radius 3 is 2.38 bits per heavy atom. The predicted octanol–water partition coefficient (Wildman–Crippen LogP) is 3.01. The van der Waals surface area contributed by atoms with Crippen molar-refractivity contribution in [2.24, 2.45) is 0 Å². The zero-order valence-corrected chi connectivity index (χ0v) is 10.5. The van der Waals surface area contributed by atoms with Crippen molar-refractivity contribution in [1.29, 1.82) is 0 Å². The molecule has 0 amide bonds. The number of nitrogen functional groups attached to an aromatic ring is 1. The molecule has 0 fully saturated rings.